The van der Waals surface area contributed by atoms with Crippen LogP contribution in [-0.4, -0.2) is 30.6 Å². The number of benzene rings is 1. The Morgan fingerprint density at radius 2 is 1.95 bits per heavy atom. The summed E-state index contributed by atoms with van der Waals surface area (Å²) in [6, 6.07) is 10.0. The standard InChI is InChI=1S/C14H12N6/c1-2-10-9-4-3-8(7-13(9)17-16-10)11-5-6-12-14(15-11)19-20-18-12/h3-7H,2H2,1H3,(H,16,17)(H,15,18,19,20). The molecule has 0 amide bonds. The molecule has 1 aromatic carbocycles. The molecule has 3 aromatic heterocycles. The predicted molar refractivity (Wildman–Crippen MR) is 76.1 cm³/mol. The first-order chi connectivity index (χ1) is 9.85. The molecule has 6 heteroatoms. The second kappa shape index (κ2) is 4.12. The van der Waals surface area contributed by atoms with Crippen molar-refractivity contribution in [2.75, 3.05) is 0 Å². The third kappa shape index (κ3) is 1.58. The molecule has 0 unspecified atom stereocenters. The maximum Gasteiger partial charge on any atom is 0.202 e. The van der Waals surface area contributed by atoms with Crippen LogP contribution >= 0.6 is 0 Å². The van der Waals surface area contributed by atoms with Crippen LogP contribution in [0.15, 0.2) is 30.3 Å². The Labute approximate surface area is 114 Å². The van der Waals surface area contributed by atoms with E-state index in [1.807, 2.05) is 18.2 Å². The van der Waals surface area contributed by atoms with Crippen LogP contribution in [0.25, 0.3) is 33.3 Å². The lowest BCUT2D eigenvalue weighted by Crippen LogP contribution is -1.85. The van der Waals surface area contributed by atoms with E-state index in [4.69, 9.17) is 0 Å². The average Bonchev–Trinajstić information content (AvgIpc) is 3.12. The molecule has 4 aromatic rings. The largest absolute Gasteiger partial charge is 0.281 e. The third-order valence-electron chi connectivity index (χ3n) is 3.46. The molecule has 0 aliphatic heterocycles. The number of hydrogen-bond acceptors (Lipinski definition) is 4. The summed E-state index contributed by atoms with van der Waals surface area (Å²) in [5.74, 6) is 0. The highest BCUT2D eigenvalue weighted by Gasteiger charge is 2.08. The summed E-state index contributed by atoms with van der Waals surface area (Å²) < 4.78 is 0. The van der Waals surface area contributed by atoms with Crippen molar-refractivity contribution in [1.29, 1.82) is 0 Å². The normalized spacial score (nSPS) is 11.4. The second-order valence-corrected chi connectivity index (χ2v) is 4.65. The second-order valence-electron chi connectivity index (χ2n) is 4.65. The van der Waals surface area contributed by atoms with E-state index in [1.165, 1.54) is 5.39 Å². The van der Waals surface area contributed by atoms with Crippen LogP contribution < -0.4 is 0 Å². The Bertz CT molecular complexity index is 904. The molecule has 0 aliphatic rings. The minimum atomic E-state index is 0.624. The van der Waals surface area contributed by atoms with Gasteiger partial charge in [0.25, 0.3) is 0 Å². The Kier molecular flexibility index (Phi) is 2.29. The van der Waals surface area contributed by atoms with Gasteiger partial charge in [-0.25, -0.2) is 4.98 Å². The van der Waals surface area contributed by atoms with E-state index < -0.39 is 0 Å². The van der Waals surface area contributed by atoms with Crippen LogP contribution in [0.3, 0.4) is 0 Å². The molecule has 0 aliphatic carbocycles. The molecule has 20 heavy (non-hydrogen) atoms. The van der Waals surface area contributed by atoms with Crippen LogP contribution in [0.1, 0.15) is 12.6 Å². The number of pyridine rings is 1. The fraction of sp³-hybridized carbons (Fsp3) is 0.143. The molecule has 0 fully saturated rings. The fourth-order valence-corrected chi connectivity index (χ4v) is 2.39. The van der Waals surface area contributed by atoms with E-state index in [2.05, 4.69) is 49.6 Å². The van der Waals surface area contributed by atoms with Crippen molar-refractivity contribution in [1.82, 2.24) is 30.6 Å². The highest BCUT2D eigenvalue weighted by molar-refractivity contribution is 5.86. The number of aromatic nitrogens is 6. The molecule has 0 bridgehead atoms. The van der Waals surface area contributed by atoms with E-state index in [9.17, 15) is 0 Å². The summed E-state index contributed by atoms with van der Waals surface area (Å²) in [5, 5.41) is 19.2. The molecular weight excluding hydrogens is 252 g/mol. The molecule has 0 spiro atoms. The maximum atomic E-state index is 4.50. The Hall–Kier alpha value is -2.76. The van der Waals surface area contributed by atoms with Gasteiger partial charge in [0, 0.05) is 16.6 Å². The number of nitrogens with one attached hydrogen (secondary N) is 2. The topological polar surface area (TPSA) is 83.1 Å². The molecule has 0 saturated carbocycles. The number of hydrogen-bond donors (Lipinski definition) is 2. The van der Waals surface area contributed by atoms with Gasteiger partial charge in [0.15, 0.2) is 0 Å². The van der Waals surface area contributed by atoms with Crippen molar-refractivity contribution in [3.05, 3.63) is 36.0 Å². The Morgan fingerprint density at radius 1 is 1.00 bits per heavy atom. The first-order valence-electron chi connectivity index (χ1n) is 6.50. The summed E-state index contributed by atoms with van der Waals surface area (Å²) in [4.78, 5) is 4.50. The number of aryl methyl sites for hydroxylation is 1. The van der Waals surface area contributed by atoms with Gasteiger partial charge in [-0.15, -0.1) is 5.10 Å². The van der Waals surface area contributed by atoms with Crippen LogP contribution in [0, 0.1) is 0 Å². The fourth-order valence-electron chi connectivity index (χ4n) is 2.39. The minimum absolute atomic E-state index is 0.624. The van der Waals surface area contributed by atoms with Crippen LogP contribution in [0.4, 0.5) is 0 Å². The van der Waals surface area contributed by atoms with E-state index >= 15 is 0 Å². The number of rotatable bonds is 2. The van der Waals surface area contributed by atoms with Crippen molar-refractivity contribution in [3.63, 3.8) is 0 Å². The third-order valence-corrected chi connectivity index (χ3v) is 3.46. The highest BCUT2D eigenvalue weighted by Crippen LogP contribution is 2.24. The van der Waals surface area contributed by atoms with Crippen molar-refractivity contribution in [2.45, 2.75) is 13.3 Å². The zero-order chi connectivity index (χ0) is 13.5. The van der Waals surface area contributed by atoms with E-state index in [0.29, 0.717) is 5.65 Å². The van der Waals surface area contributed by atoms with Gasteiger partial charge in [-0.3, -0.25) is 5.10 Å². The van der Waals surface area contributed by atoms with Gasteiger partial charge in [-0.1, -0.05) is 19.1 Å². The monoisotopic (exact) mass is 264 g/mol. The van der Waals surface area contributed by atoms with Crippen molar-refractivity contribution in [3.8, 4) is 11.3 Å². The van der Waals surface area contributed by atoms with Crippen LogP contribution in [-0.2, 0) is 6.42 Å². The highest BCUT2D eigenvalue weighted by atomic mass is 15.3. The summed E-state index contributed by atoms with van der Waals surface area (Å²) in [6.45, 7) is 2.11. The number of fused-ring (bicyclic) bond motifs is 2. The molecule has 4 rings (SSSR count). The van der Waals surface area contributed by atoms with Gasteiger partial charge in [-0.05, 0) is 24.6 Å². The maximum absolute atomic E-state index is 4.50. The van der Waals surface area contributed by atoms with Gasteiger partial charge in [0.05, 0.1) is 11.2 Å². The summed E-state index contributed by atoms with van der Waals surface area (Å²) in [7, 11) is 0. The quantitative estimate of drug-likeness (QED) is 0.582. The lowest BCUT2D eigenvalue weighted by Gasteiger charge is -2.00. The molecular formula is C14H12N6. The smallest absolute Gasteiger partial charge is 0.202 e. The minimum Gasteiger partial charge on any atom is -0.281 e. The lowest BCUT2D eigenvalue weighted by atomic mass is 10.1. The average molecular weight is 264 g/mol. The molecule has 98 valence electrons. The SMILES string of the molecule is CCc1[nH]nc2cc(-c3ccc4n[nH]nc4n3)ccc12. The van der Waals surface area contributed by atoms with Crippen molar-refractivity contribution < 1.29 is 0 Å². The van der Waals surface area contributed by atoms with E-state index in [-0.39, 0.29) is 0 Å². The lowest BCUT2D eigenvalue weighted by molar-refractivity contribution is 0.954. The first kappa shape index (κ1) is 11.1. The number of nitrogens with zero attached hydrogens (tertiary/aromatic N) is 4. The van der Waals surface area contributed by atoms with Crippen LogP contribution in [0.2, 0.25) is 0 Å². The molecule has 2 N–H and O–H groups in total. The van der Waals surface area contributed by atoms with Crippen LogP contribution in [0.5, 0.6) is 0 Å². The number of H-pyrrole nitrogens is 2. The molecule has 3 heterocycles. The zero-order valence-electron chi connectivity index (χ0n) is 10.9. The van der Waals surface area contributed by atoms with Gasteiger partial charge >= 0.3 is 0 Å². The Morgan fingerprint density at radius 3 is 2.85 bits per heavy atom. The molecule has 6 nitrogen and oxygen atoms in total. The van der Waals surface area contributed by atoms with E-state index in [1.54, 1.807) is 0 Å². The van der Waals surface area contributed by atoms with Crippen molar-refractivity contribution >= 4 is 22.1 Å². The summed E-state index contributed by atoms with van der Waals surface area (Å²) in [5.41, 5.74) is 5.40. The molecule has 0 atom stereocenters. The summed E-state index contributed by atoms with van der Waals surface area (Å²) in [6.07, 6.45) is 0.943. The molecule has 0 radical (unpaired) electrons. The van der Waals surface area contributed by atoms with Gasteiger partial charge in [0.2, 0.25) is 5.65 Å². The molecule has 0 saturated heterocycles. The predicted octanol–water partition coefficient (Wildman–Crippen LogP) is 2.46. The van der Waals surface area contributed by atoms with Gasteiger partial charge < -0.3 is 0 Å². The van der Waals surface area contributed by atoms with Gasteiger partial charge in [0.1, 0.15) is 5.52 Å². The van der Waals surface area contributed by atoms with E-state index in [0.717, 1.165) is 34.4 Å². The van der Waals surface area contributed by atoms with Crippen molar-refractivity contribution in [2.24, 2.45) is 0 Å². The Balaban J connectivity index is 1.88. The van der Waals surface area contributed by atoms with Gasteiger partial charge in [-0.2, -0.15) is 15.4 Å². The first-order valence-corrected chi connectivity index (χ1v) is 6.50. The number of aromatic amines is 2. The zero-order valence-corrected chi connectivity index (χ0v) is 10.9. The summed E-state index contributed by atoms with van der Waals surface area (Å²) >= 11 is 0.